The van der Waals surface area contributed by atoms with Crippen LogP contribution in [0.25, 0.3) is 0 Å². The molecule has 0 aromatic carbocycles. The number of quaternary nitrogens is 1. The zero-order valence-corrected chi connectivity index (χ0v) is 9.29. The van der Waals surface area contributed by atoms with Gasteiger partial charge in [0.25, 0.3) is 0 Å². The minimum absolute atomic E-state index is 0.0218. The molecule has 13 heavy (non-hydrogen) atoms. The molecule has 0 heterocycles. The zero-order valence-electron chi connectivity index (χ0n) is 8.47. The second-order valence-electron chi connectivity index (χ2n) is 3.79. The predicted octanol–water partition coefficient (Wildman–Crippen LogP) is 0.469. The van der Waals surface area contributed by atoms with Crippen molar-refractivity contribution in [1.82, 2.24) is 5.32 Å². The summed E-state index contributed by atoms with van der Waals surface area (Å²) in [6.45, 7) is 0.238. The Hall–Kier alpha value is -0.290. The third kappa shape index (κ3) is 9.63. The number of rotatable bonds is 6. The van der Waals surface area contributed by atoms with Gasteiger partial charge in [-0.3, -0.25) is 9.18 Å². The van der Waals surface area contributed by atoms with Crippen LogP contribution in [0.1, 0.15) is 0 Å². The molecule has 0 spiro atoms. The fraction of sp³-hybridized carbons (Fsp3) is 0.875. The molecule has 1 amide bonds. The average molecular weight is 209 g/mol. The van der Waals surface area contributed by atoms with Crippen molar-refractivity contribution in [3.05, 3.63) is 0 Å². The Bertz CT molecular complexity index is 159. The van der Waals surface area contributed by atoms with Crippen molar-refractivity contribution < 1.29 is 13.7 Å². The Balaban J connectivity index is 3.41. The maximum atomic E-state index is 11.7. The molecule has 0 aliphatic rings. The smallest absolute Gasteiger partial charge is 0.234 e. The number of hydrogen-bond acceptors (Lipinski definition) is 2. The lowest BCUT2D eigenvalue weighted by Gasteiger charge is -2.23. The van der Waals surface area contributed by atoms with Crippen LogP contribution in [0.15, 0.2) is 0 Å². The molecule has 0 fully saturated rings. The van der Waals surface area contributed by atoms with Gasteiger partial charge in [0.15, 0.2) is 6.67 Å². The maximum absolute atomic E-state index is 11.7. The van der Waals surface area contributed by atoms with E-state index in [1.807, 2.05) is 21.1 Å². The summed E-state index contributed by atoms with van der Waals surface area (Å²) >= 11 is 1.32. The molecule has 0 unspecified atom stereocenters. The van der Waals surface area contributed by atoms with E-state index in [4.69, 9.17) is 0 Å². The highest BCUT2D eigenvalue weighted by atomic mass is 32.2. The van der Waals surface area contributed by atoms with E-state index in [1.54, 1.807) is 0 Å². The Kier molecular flexibility index (Phi) is 6.07. The highest BCUT2D eigenvalue weighted by Gasteiger charge is 2.08. The number of nitrogens with zero attached hydrogens (tertiary/aromatic N) is 1. The molecule has 0 saturated carbocycles. The van der Waals surface area contributed by atoms with E-state index in [0.29, 0.717) is 22.7 Å². The van der Waals surface area contributed by atoms with E-state index in [0.717, 1.165) is 0 Å². The van der Waals surface area contributed by atoms with Gasteiger partial charge < -0.3 is 9.80 Å². The lowest BCUT2D eigenvalue weighted by atomic mass is 10.6. The van der Waals surface area contributed by atoms with Crippen molar-refractivity contribution in [2.45, 2.75) is 0 Å². The van der Waals surface area contributed by atoms with Crippen LogP contribution in [-0.4, -0.2) is 56.4 Å². The zero-order chi connectivity index (χ0) is 10.3. The van der Waals surface area contributed by atoms with E-state index < -0.39 is 0 Å². The minimum Gasteiger partial charge on any atom is -0.314 e. The van der Waals surface area contributed by atoms with Gasteiger partial charge in [0.2, 0.25) is 5.91 Å². The van der Waals surface area contributed by atoms with Crippen LogP contribution in [0, 0.1) is 0 Å². The van der Waals surface area contributed by atoms with E-state index in [-0.39, 0.29) is 12.6 Å². The molecule has 3 nitrogen and oxygen atoms in total. The SMILES string of the molecule is C[N+](C)(C)CNC(=O)CSCCF. The van der Waals surface area contributed by atoms with Gasteiger partial charge in [0.1, 0.15) is 0 Å². The number of nitrogens with one attached hydrogen (secondary N) is 1. The van der Waals surface area contributed by atoms with Gasteiger partial charge in [-0.2, -0.15) is 0 Å². The molecule has 5 heteroatoms. The Labute approximate surface area is 83.3 Å². The number of carbonyl (C=O) groups excluding carboxylic acids is 1. The van der Waals surface area contributed by atoms with Crippen LogP contribution >= 0.6 is 11.8 Å². The largest absolute Gasteiger partial charge is 0.314 e. The normalized spacial score (nSPS) is 11.4. The maximum Gasteiger partial charge on any atom is 0.234 e. The first-order chi connectivity index (χ1) is 5.95. The highest BCUT2D eigenvalue weighted by Crippen LogP contribution is 1.98. The first-order valence-corrected chi connectivity index (χ1v) is 5.32. The van der Waals surface area contributed by atoms with Crippen molar-refractivity contribution in [2.24, 2.45) is 0 Å². The molecule has 0 atom stereocenters. The van der Waals surface area contributed by atoms with Crippen LogP contribution in [0.3, 0.4) is 0 Å². The summed E-state index contributed by atoms with van der Waals surface area (Å²) in [6.07, 6.45) is 0. The standard InChI is InChI=1S/C8H17FN2OS/c1-11(2,3)7-10-8(12)6-13-5-4-9/h4-7H2,1-3H3/p+1. The number of thioether (sulfide) groups is 1. The van der Waals surface area contributed by atoms with Crippen LogP contribution in [-0.2, 0) is 4.79 Å². The Morgan fingerprint density at radius 2 is 2.08 bits per heavy atom. The summed E-state index contributed by atoms with van der Waals surface area (Å²) in [5.41, 5.74) is 0. The Morgan fingerprint density at radius 3 is 2.54 bits per heavy atom. The van der Waals surface area contributed by atoms with Crippen molar-refractivity contribution in [1.29, 1.82) is 0 Å². The fourth-order valence-electron chi connectivity index (χ4n) is 0.596. The van der Waals surface area contributed by atoms with Gasteiger partial charge in [-0.15, -0.1) is 11.8 Å². The number of amides is 1. The highest BCUT2D eigenvalue weighted by molar-refractivity contribution is 7.99. The minimum atomic E-state index is -0.368. The van der Waals surface area contributed by atoms with Crippen molar-refractivity contribution in [3.8, 4) is 0 Å². The lowest BCUT2D eigenvalue weighted by molar-refractivity contribution is -0.872. The number of carbonyl (C=O) groups is 1. The topological polar surface area (TPSA) is 29.1 Å². The van der Waals surface area contributed by atoms with Crippen molar-refractivity contribution >= 4 is 17.7 Å². The summed E-state index contributed by atoms with van der Waals surface area (Å²) < 4.78 is 12.4. The van der Waals surface area contributed by atoms with Gasteiger partial charge in [0.05, 0.1) is 33.6 Å². The fourth-order valence-corrected chi connectivity index (χ4v) is 1.14. The molecule has 0 saturated heterocycles. The van der Waals surface area contributed by atoms with Crippen LogP contribution < -0.4 is 5.32 Å². The molecule has 0 rings (SSSR count). The van der Waals surface area contributed by atoms with Crippen molar-refractivity contribution in [3.63, 3.8) is 0 Å². The van der Waals surface area contributed by atoms with E-state index in [9.17, 15) is 9.18 Å². The summed E-state index contributed by atoms with van der Waals surface area (Å²) in [4.78, 5) is 11.1. The van der Waals surface area contributed by atoms with E-state index >= 15 is 0 Å². The molecule has 0 radical (unpaired) electrons. The number of halogens is 1. The van der Waals surface area contributed by atoms with Crippen molar-refractivity contribution in [2.75, 3.05) is 46.0 Å². The van der Waals surface area contributed by atoms with Gasteiger partial charge in [0, 0.05) is 5.75 Å². The summed E-state index contributed by atoms with van der Waals surface area (Å²) in [5, 5.41) is 2.77. The molecule has 0 aromatic heterocycles. The Morgan fingerprint density at radius 1 is 1.46 bits per heavy atom. The van der Waals surface area contributed by atoms with E-state index in [2.05, 4.69) is 5.32 Å². The monoisotopic (exact) mass is 209 g/mol. The average Bonchev–Trinajstić information content (AvgIpc) is 2.00. The van der Waals surface area contributed by atoms with Crippen LogP contribution in [0.2, 0.25) is 0 Å². The van der Waals surface area contributed by atoms with Gasteiger partial charge >= 0.3 is 0 Å². The van der Waals surface area contributed by atoms with E-state index in [1.165, 1.54) is 11.8 Å². The number of alkyl halides is 1. The molecule has 1 N–H and O–H groups in total. The first-order valence-electron chi connectivity index (χ1n) is 4.16. The summed E-state index contributed by atoms with van der Waals surface area (Å²) in [6, 6.07) is 0. The third-order valence-electron chi connectivity index (χ3n) is 1.21. The van der Waals surface area contributed by atoms with Gasteiger partial charge in [-0.25, -0.2) is 0 Å². The van der Waals surface area contributed by atoms with Crippen LogP contribution in [0.4, 0.5) is 4.39 Å². The molecule has 0 bridgehead atoms. The molecular formula is C8H18FN2OS+. The quantitative estimate of drug-likeness (QED) is 0.391. The third-order valence-corrected chi connectivity index (χ3v) is 2.11. The predicted molar refractivity (Wildman–Crippen MR) is 54.3 cm³/mol. The number of hydrogen-bond donors (Lipinski definition) is 1. The molecule has 78 valence electrons. The molecule has 0 aliphatic carbocycles. The first kappa shape index (κ1) is 12.7. The molecular weight excluding hydrogens is 191 g/mol. The lowest BCUT2D eigenvalue weighted by Crippen LogP contribution is -2.45. The second kappa shape index (κ2) is 6.21. The van der Waals surface area contributed by atoms with Gasteiger partial charge in [-0.05, 0) is 0 Å². The second-order valence-corrected chi connectivity index (χ2v) is 4.90. The van der Waals surface area contributed by atoms with Gasteiger partial charge in [-0.1, -0.05) is 0 Å². The summed E-state index contributed by atoms with van der Waals surface area (Å²) in [5.74, 6) is 0.730. The molecule has 0 aromatic rings. The summed E-state index contributed by atoms with van der Waals surface area (Å²) in [7, 11) is 5.99. The van der Waals surface area contributed by atoms with Crippen LogP contribution in [0.5, 0.6) is 0 Å². The molecule has 0 aliphatic heterocycles.